The summed E-state index contributed by atoms with van der Waals surface area (Å²) in [4.78, 5) is 14.8. The lowest BCUT2D eigenvalue weighted by Gasteiger charge is -2.12. The first-order valence-electron chi connectivity index (χ1n) is 6.60. The van der Waals surface area contributed by atoms with Crippen molar-refractivity contribution in [1.82, 2.24) is 10.6 Å². The minimum absolute atomic E-state index is 0. The van der Waals surface area contributed by atoms with E-state index in [2.05, 4.69) is 22.5 Å². The fourth-order valence-electron chi connectivity index (χ4n) is 1.55. The molecule has 0 unspecified atom stereocenters. The quantitative estimate of drug-likeness (QED) is 0.361. The molecule has 0 spiro atoms. The molecule has 0 bridgehead atoms. The summed E-state index contributed by atoms with van der Waals surface area (Å²) in [5, 5.41) is 6.39. The third-order valence-corrected chi connectivity index (χ3v) is 2.51. The van der Waals surface area contributed by atoms with E-state index in [-0.39, 0.29) is 30.6 Å². The largest absolute Gasteiger partial charge is 0.484 e. The number of guanidine groups is 1. The number of ether oxygens (including phenoxy) is 1. The normalized spacial score (nSPS) is 10.5. The van der Waals surface area contributed by atoms with Gasteiger partial charge in [0.2, 0.25) is 0 Å². The molecule has 0 aromatic heterocycles. The van der Waals surface area contributed by atoms with Gasteiger partial charge in [0.1, 0.15) is 5.75 Å². The first kappa shape index (κ1) is 19.5. The Hall–Kier alpha value is -1.51. The molecule has 0 atom stereocenters. The maximum Gasteiger partial charge on any atom is 0.255 e. The summed E-state index contributed by atoms with van der Waals surface area (Å²) < 4.78 is 5.26. The molecular formula is C14H23IN4O2. The zero-order valence-corrected chi connectivity index (χ0v) is 14.7. The third-order valence-electron chi connectivity index (χ3n) is 2.51. The van der Waals surface area contributed by atoms with E-state index in [0.717, 1.165) is 24.5 Å². The summed E-state index contributed by atoms with van der Waals surface area (Å²) in [6.07, 6.45) is 1.04. The third kappa shape index (κ3) is 8.38. The van der Waals surface area contributed by atoms with Gasteiger partial charge < -0.3 is 21.1 Å². The number of carbonyl (C=O) groups is 1. The standard InChI is InChI=1S/C14H22N4O2.HI/c1-3-7-17-14(16-2)18-9-11-5-4-6-12(8-11)20-10-13(15)19;/h4-6,8H,3,7,9-10H2,1-2H3,(H2,15,19)(H2,16,17,18);1H. The molecule has 0 aliphatic carbocycles. The topological polar surface area (TPSA) is 88.7 Å². The van der Waals surface area contributed by atoms with Gasteiger partial charge in [-0.25, -0.2) is 0 Å². The van der Waals surface area contributed by atoms with Crippen molar-refractivity contribution in [2.45, 2.75) is 19.9 Å². The van der Waals surface area contributed by atoms with E-state index in [1.807, 2.05) is 18.2 Å². The SMILES string of the molecule is CCCNC(=NC)NCc1cccc(OCC(N)=O)c1.I. The molecule has 0 heterocycles. The van der Waals surface area contributed by atoms with Crippen LogP contribution in [0.3, 0.4) is 0 Å². The number of halogens is 1. The predicted molar refractivity (Wildman–Crippen MR) is 95.0 cm³/mol. The summed E-state index contributed by atoms with van der Waals surface area (Å²) in [6, 6.07) is 7.49. The summed E-state index contributed by atoms with van der Waals surface area (Å²) >= 11 is 0. The fraction of sp³-hybridized carbons (Fsp3) is 0.429. The molecule has 4 N–H and O–H groups in total. The van der Waals surface area contributed by atoms with Crippen LogP contribution < -0.4 is 21.1 Å². The molecule has 0 saturated carbocycles. The van der Waals surface area contributed by atoms with E-state index in [4.69, 9.17) is 10.5 Å². The van der Waals surface area contributed by atoms with Gasteiger partial charge in [-0.1, -0.05) is 19.1 Å². The molecule has 0 radical (unpaired) electrons. The van der Waals surface area contributed by atoms with Crippen LogP contribution in [0.2, 0.25) is 0 Å². The minimum atomic E-state index is -0.488. The molecule has 1 amide bonds. The maximum absolute atomic E-state index is 10.7. The number of rotatable bonds is 7. The van der Waals surface area contributed by atoms with Gasteiger partial charge in [0.05, 0.1) is 0 Å². The fourth-order valence-corrected chi connectivity index (χ4v) is 1.55. The molecule has 7 heteroatoms. The van der Waals surface area contributed by atoms with Crippen molar-refractivity contribution in [3.8, 4) is 5.75 Å². The monoisotopic (exact) mass is 406 g/mol. The Kier molecular flexibility index (Phi) is 10.4. The van der Waals surface area contributed by atoms with Crippen LogP contribution in [0.5, 0.6) is 5.75 Å². The van der Waals surface area contributed by atoms with E-state index in [0.29, 0.717) is 12.3 Å². The van der Waals surface area contributed by atoms with Crippen molar-refractivity contribution in [3.63, 3.8) is 0 Å². The molecule has 1 aromatic carbocycles. The molecule has 0 fully saturated rings. The number of aliphatic imine (C=N–C) groups is 1. The van der Waals surface area contributed by atoms with Gasteiger partial charge in [0, 0.05) is 20.1 Å². The number of nitrogens with one attached hydrogen (secondary N) is 2. The summed E-state index contributed by atoms with van der Waals surface area (Å²) in [5.74, 6) is 0.896. The number of primary amides is 1. The van der Waals surface area contributed by atoms with Gasteiger partial charge >= 0.3 is 0 Å². The lowest BCUT2D eigenvalue weighted by Crippen LogP contribution is -2.37. The molecule has 21 heavy (non-hydrogen) atoms. The Bertz CT molecular complexity index is 466. The molecule has 0 aliphatic rings. The van der Waals surface area contributed by atoms with Crippen molar-refractivity contribution in [1.29, 1.82) is 0 Å². The highest BCUT2D eigenvalue weighted by Gasteiger charge is 2.01. The second-order valence-electron chi connectivity index (χ2n) is 4.25. The summed E-state index contributed by atoms with van der Waals surface area (Å²) in [6.45, 7) is 3.48. The first-order chi connectivity index (χ1) is 9.65. The highest BCUT2D eigenvalue weighted by molar-refractivity contribution is 14.0. The molecule has 118 valence electrons. The van der Waals surface area contributed by atoms with Crippen LogP contribution in [0.4, 0.5) is 0 Å². The lowest BCUT2D eigenvalue weighted by atomic mass is 10.2. The van der Waals surface area contributed by atoms with Gasteiger partial charge in [0.15, 0.2) is 12.6 Å². The van der Waals surface area contributed by atoms with Crippen LogP contribution in [0.25, 0.3) is 0 Å². The van der Waals surface area contributed by atoms with Crippen LogP contribution >= 0.6 is 24.0 Å². The summed E-state index contributed by atoms with van der Waals surface area (Å²) in [5.41, 5.74) is 6.07. The Balaban J connectivity index is 0.00000400. The van der Waals surface area contributed by atoms with Crippen molar-refractivity contribution >= 4 is 35.8 Å². The Morgan fingerprint density at radius 3 is 2.76 bits per heavy atom. The van der Waals surface area contributed by atoms with E-state index >= 15 is 0 Å². The van der Waals surface area contributed by atoms with Gasteiger partial charge in [-0.2, -0.15) is 0 Å². The number of amides is 1. The molecule has 1 rings (SSSR count). The van der Waals surface area contributed by atoms with E-state index in [9.17, 15) is 4.79 Å². The van der Waals surface area contributed by atoms with Crippen molar-refractivity contribution in [2.24, 2.45) is 10.7 Å². The molecule has 0 aliphatic heterocycles. The smallest absolute Gasteiger partial charge is 0.255 e. The van der Waals surface area contributed by atoms with Crippen LogP contribution in [0.15, 0.2) is 29.3 Å². The van der Waals surface area contributed by atoms with Crippen LogP contribution in [0, 0.1) is 0 Å². The van der Waals surface area contributed by atoms with Crippen molar-refractivity contribution < 1.29 is 9.53 Å². The zero-order chi connectivity index (χ0) is 14.8. The zero-order valence-electron chi connectivity index (χ0n) is 12.4. The maximum atomic E-state index is 10.7. The van der Waals surface area contributed by atoms with Crippen molar-refractivity contribution in [3.05, 3.63) is 29.8 Å². The number of nitrogens with two attached hydrogens (primary N) is 1. The average Bonchev–Trinajstić information content (AvgIpc) is 2.46. The van der Waals surface area contributed by atoms with E-state index in [1.54, 1.807) is 13.1 Å². The van der Waals surface area contributed by atoms with Crippen LogP contribution in [-0.4, -0.2) is 32.1 Å². The molecular weight excluding hydrogens is 383 g/mol. The van der Waals surface area contributed by atoms with Gasteiger partial charge in [-0.3, -0.25) is 9.79 Å². The first-order valence-corrected chi connectivity index (χ1v) is 6.60. The average molecular weight is 406 g/mol. The molecule has 6 nitrogen and oxygen atoms in total. The lowest BCUT2D eigenvalue weighted by molar-refractivity contribution is -0.119. The number of nitrogens with zero attached hydrogens (tertiary/aromatic N) is 1. The van der Waals surface area contributed by atoms with Gasteiger partial charge in [0.25, 0.3) is 5.91 Å². The van der Waals surface area contributed by atoms with E-state index < -0.39 is 5.91 Å². The van der Waals surface area contributed by atoms with Crippen LogP contribution in [0.1, 0.15) is 18.9 Å². The number of carbonyl (C=O) groups excluding carboxylic acids is 1. The Morgan fingerprint density at radius 2 is 2.14 bits per heavy atom. The second kappa shape index (κ2) is 11.2. The van der Waals surface area contributed by atoms with Gasteiger partial charge in [-0.05, 0) is 24.1 Å². The Labute approximate surface area is 142 Å². The number of hydrogen-bond acceptors (Lipinski definition) is 3. The highest BCUT2D eigenvalue weighted by atomic mass is 127. The minimum Gasteiger partial charge on any atom is -0.484 e. The van der Waals surface area contributed by atoms with Crippen LogP contribution in [-0.2, 0) is 11.3 Å². The van der Waals surface area contributed by atoms with E-state index in [1.165, 1.54) is 0 Å². The number of hydrogen-bond donors (Lipinski definition) is 3. The second-order valence-corrected chi connectivity index (χ2v) is 4.25. The predicted octanol–water partition coefficient (Wildman–Crippen LogP) is 1.24. The van der Waals surface area contributed by atoms with Crippen molar-refractivity contribution in [2.75, 3.05) is 20.2 Å². The number of benzene rings is 1. The molecule has 0 saturated heterocycles. The molecule has 1 aromatic rings. The Morgan fingerprint density at radius 1 is 1.38 bits per heavy atom. The summed E-state index contributed by atoms with van der Waals surface area (Å²) in [7, 11) is 1.73. The highest BCUT2D eigenvalue weighted by Crippen LogP contribution is 2.12. The van der Waals surface area contributed by atoms with Gasteiger partial charge in [-0.15, -0.1) is 24.0 Å².